The van der Waals surface area contributed by atoms with Crippen LogP contribution in [-0.2, 0) is 9.53 Å². The van der Waals surface area contributed by atoms with Crippen LogP contribution in [0.1, 0.15) is 40.5 Å². The monoisotopic (exact) mass is 314 g/mol. The zero-order valence-corrected chi connectivity index (χ0v) is 16.0. The first kappa shape index (κ1) is 18.7. The van der Waals surface area contributed by atoms with Crippen LogP contribution >= 0.6 is 0 Å². The summed E-state index contributed by atoms with van der Waals surface area (Å²) in [5.41, 5.74) is 0. The van der Waals surface area contributed by atoms with Gasteiger partial charge in [-0.15, -0.1) is 0 Å². The topological polar surface area (TPSA) is 32.8 Å². The Morgan fingerprint density at radius 3 is 2.48 bits per heavy atom. The van der Waals surface area contributed by atoms with Gasteiger partial charge in [-0.2, -0.15) is 0 Å². The average Bonchev–Trinajstić information content (AvgIpc) is 2.86. The minimum atomic E-state index is -1.47. The van der Waals surface area contributed by atoms with Crippen molar-refractivity contribution < 1.29 is 9.53 Å². The molecule has 0 aliphatic carbocycles. The second-order valence-corrected chi connectivity index (χ2v) is 12.7. The number of ether oxygens (including phenoxy) is 1. The average molecular weight is 315 g/mol. The van der Waals surface area contributed by atoms with Crippen molar-refractivity contribution in [2.45, 2.75) is 58.7 Å². The van der Waals surface area contributed by atoms with E-state index >= 15 is 0 Å². The van der Waals surface area contributed by atoms with Gasteiger partial charge in [-0.1, -0.05) is 47.2 Å². The lowest BCUT2D eigenvalue weighted by Gasteiger charge is -2.46. The van der Waals surface area contributed by atoms with Gasteiger partial charge < -0.3 is 9.30 Å². The van der Waals surface area contributed by atoms with Gasteiger partial charge >= 0.3 is 5.97 Å². The normalized spacial score (nSPS) is 19.8. The standard InChI is InChI=1S/C16H34N2O2Si/c1-8-9-16(3,4)21(6,7)18-11-10-17(13-18)12-14(2)15(19)20-5/h14H,8-13H2,1-7H3. The quantitative estimate of drug-likeness (QED) is 0.534. The van der Waals surface area contributed by atoms with E-state index in [4.69, 9.17) is 4.74 Å². The molecule has 0 aromatic heterocycles. The highest BCUT2D eigenvalue weighted by molar-refractivity contribution is 6.77. The number of esters is 1. The third-order valence-electron chi connectivity index (χ3n) is 5.51. The van der Waals surface area contributed by atoms with Crippen LogP contribution in [0.4, 0.5) is 0 Å². The summed E-state index contributed by atoms with van der Waals surface area (Å²) in [6.07, 6.45) is 2.54. The van der Waals surface area contributed by atoms with Gasteiger partial charge in [0.2, 0.25) is 0 Å². The van der Waals surface area contributed by atoms with E-state index in [1.54, 1.807) is 0 Å². The lowest BCUT2D eigenvalue weighted by atomic mass is 10.1. The number of carbonyl (C=O) groups excluding carboxylic acids is 1. The van der Waals surface area contributed by atoms with Crippen molar-refractivity contribution >= 4 is 14.2 Å². The highest BCUT2D eigenvalue weighted by atomic mass is 28.3. The molecule has 4 nitrogen and oxygen atoms in total. The Morgan fingerprint density at radius 1 is 1.33 bits per heavy atom. The second-order valence-electron chi connectivity index (χ2n) is 7.60. The molecule has 5 heteroatoms. The van der Waals surface area contributed by atoms with Gasteiger partial charge in [0.25, 0.3) is 0 Å². The lowest BCUT2D eigenvalue weighted by Crippen LogP contribution is -2.55. The predicted molar refractivity (Wildman–Crippen MR) is 90.8 cm³/mol. The van der Waals surface area contributed by atoms with Crippen LogP contribution in [0, 0.1) is 5.92 Å². The molecule has 21 heavy (non-hydrogen) atoms. The molecular weight excluding hydrogens is 280 g/mol. The van der Waals surface area contributed by atoms with Crippen molar-refractivity contribution in [2.24, 2.45) is 5.92 Å². The van der Waals surface area contributed by atoms with E-state index in [-0.39, 0.29) is 11.9 Å². The summed E-state index contributed by atoms with van der Waals surface area (Å²) in [6, 6.07) is 0. The largest absolute Gasteiger partial charge is 0.469 e. The summed E-state index contributed by atoms with van der Waals surface area (Å²) in [7, 11) is -0.00105. The van der Waals surface area contributed by atoms with Crippen LogP contribution in [0.3, 0.4) is 0 Å². The van der Waals surface area contributed by atoms with E-state index in [1.807, 2.05) is 6.92 Å². The van der Waals surface area contributed by atoms with E-state index in [1.165, 1.54) is 20.0 Å². The first-order valence-electron chi connectivity index (χ1n) is 8.21. The maximum absolute atomic E-state index is 11.6. The molecule has 0 bridgehead atoms. The smallest absolute Gasteiger partial charge is 0.309 e. The third-order valence-corrected chi connectivity index (χ3v) is 11.0. The van der Waals surface area contributed by atoms with E-state index < -0.39 is 8.24 Å². The summed E-state index contributed by atoms with van der Waals surface area (Å²) >= 11 is 0. The first-order valence-corrected chi connectivity index (χ1v) is 11.2. The molecule has 1 aliphatic heterocycles. The van der Waals surface area contributed by atoms with E-state index in [0.29, 0.717) is 5.04 Å². The third kappa shape index (κ3) is 4.30. The number of carbonyl (C=O) groups is 1. The number of nitrogens with zero attached hydrogens (tertiary/aromatic N) is 2. The molecule has 1 aliphatic rings. The van der Waals surface area contributed by atoms with Crippen LogP contribution in [0.2, 0.25) is 18.1 Å². The molecule has 1 unspecified atom stereocenters. The molecule has 1 atom stereocenters. The minimum Gasteiger partial charge on any atom is -0.469 e. The maximum atomic E-state index is 11.6. The van der Waals surface area contributed by atoms with Crippen molar-refractivity contribution in [2.75, 3.05) is 33.4 Å². The highest BCUT2D eigenvalue weighted by Crippen LogP contribution is 2.43. The van der Waals surface area contributed by atoms with Gasteiger partial charge in [0.15, 0.2) is 0 Å². The molecule has 1 saturated heterocycles. The second kappa shape index (κ2) is 7.25. The van der Waals surface area contributed by atoms with Crippen molar-refractivity contribution in [3.05, 3.63) is 0 Å². The fourth-order valence-electron chi connectivity index (χ4n) is 3.27. The van der Waals surface area contributed by atoms with Crippen LogP contribution < -0.4 is 0 Å². The molecule has 0 radical (unpaired) electrons. The van der Waals surface area contributed by atoms with Gasteiger partial charge in [0.1, 0.15) is 8.24 Å². The Hall–Kier alpha value is -0.393. The fraction of sp³-hybridized carbons (Fsp3) is 0.938. The van der Waals surface area contributed by atoms with Crippen LogP contribution in [0.15, 0.2) is 0 Å². The van der Waals surface area contributed by atoms with E-state index in [9.17, 15) is 4.79 Å². The summed E-state index contributed by atoms with van der Waals surface area (Å²) < 4.78 is 7.53. The molecule has 0 spiro atoms. The van der Waals surface area contributed by atoms with Crippen molar-refractivity contribution in [1.82, 2.24) is 9.47 Å². The molecule has 124 valence electrons. The summed E-state index contributed by atoms with van der Waals surface area (Å²) in [5, 5.41) is 0.422. The van der Waals surface area contributed by atoms with Gasteiger partial charge in [0, 0.05) is 26.3 Å². The Labute approximate surface area is 131 Å². The van der Waals surface area contributed by atoms with Crippen LogP contribution in [0.25, 0.3) is 0 Å². The Bertz CT molecular complexity index is 358. The Morgan fingerprint density at radius 2 is 1.95 bits per heavy atom. The number of rotatable bonds is 7. The number of hydrogen-bond acceptors (Lipinski definition) is 4. The summed E-state index contributed by atoms with van der Waals surface area (Å²) in [4.78, 5) is 14.0. The maximum Gasteiger partial charge on any atom is 0.309 e. The fourth-order valence-corrected chi connectivity index (χ4v) is 6.20. The minimum absolute atomic E-state index is 0.0385. The van der Waals surface area contributed by atoms with E-state index in [2.05, 4.69) is 43.3 Å². The van der Waals surface area contributed by atoms with Gasteiger partial charge in [-0.05, 0) is 11.5 Å². The zero-order chi connectivity index (χ0) is 16.3. The number of methoxy groups -OCH3 is 1. The van der Waals surface area contributed by atoms with Crippen molar-refractivity contribution in [3.8, 4) is 0 Å². The van der Waals surface area contributed by atoms with Gasteiger partial charge in [-0.25, -0.2) is 0 Å². The highest BCUT2D eigenvalue weighted by Gasteiger charge is 2.45. The van der Waals surface area contributed by atoms with Crippen LogP contribution in [0.5, 0.6) is 0 Å². The van der Waals surface area contributed by atoms with E-state index in [0.717, 1.165) is 26.3 Å². The van der Waals surface area contributed by atoms with Gasteiger partial charge in [0.05, 0.1) is 13.0 Å². The van der Waals surface area contributed by atoms with Crippen LogP contribution in [-0.4, -0.2) is 57.1 Å². The summed E-state index contributed by atoms with van der Waals surface area (Å²) in [5.74, 6) is -0.139. The number of hydrogen-bond donors (Lipinski definition) is 0. The summed E-state index contributed by atoms with van der Waals surface area (Å²) in [6.45, 7) is 18.1. The molecule has 0 aromatic carbocycles. The molecule has 1 fully saturated rings. The molecule has 0 N–H and O–H groups in total. The Balaban J connectivity index is 2.63. The SMILES string of the molecule is CCCC(C)(C)[Si](C)(C)N1CCN(CC(C)C(=O)OC)C1. The lowest BCUT2D eigenvalue weighted by molar-refractivity contribution is -0.145. The van der Waals surface area contributed by atoms with Gasteiger partial charge in [-0.3, -0.25) is 9.69 Å². The zero-order valence-electron chi connectivity index (χ0n) is 15.0. The molecule has 0 saturated carbocycles. The first-order chi connectivity index (χ1) is 9.65. The molecule has 1 rings (SSSR count). The molecule has 1 heterocycles. The van der Waals surface area contributed by atoms with Crippen molar-refractivity contribution in [3.63, 3.8) is 0 Å². The van der Waals surface area contributed by atoms with Crippen molar-refractivity contribution in [1.29, 1.82) is 0 Å². The predicted octanol–water partition coefficient (Wildman–Crippen LogP) is 3.16. The molecule has 0 aromatic rings. The Kier molecular flexibility index (Phi) is 6.44. The molecular formula is C16H34N2O2Si. The molecule has 0 amide bonds.